The van der Waals surface area contributed by atoms with Crippen LogP contribution in [0.1, 0.15) is 17.4 Å². The van der Waals surface area contributed by atoms with Gasteiger partial charge in [0.05, 0.1) is 13.4 Å². The Morgan fingerprint density at radius 1 is 1.27 bits per heavy atom. The van der Waals surface area contributed by atoms with Gasteiger partial charge in [0.2, 0.25) is 0 Å². The van der Waals surface area contributed by atoms with Crippen LogP contribution in [0.15, 0.2) is 47.1 Å². The molecule has 0 fully saturated rings. The average Bonchev–Trinajstić information content (AvgIpc) is 2.81. The van der Waals surface area contributed by atoms with E-state index in [-0.39, 0.29) is 0 Å². The van der Waals surface area contributed by atoms with E-state index in [0.29, 0.717) is 5.76 Å². The van der Waals surface area contributed by atoms with Gasteiger partial charge in [-0.05, 0) is 29.8 Å². The molecule has 2 rings (SSSR count). The Kier molecular flexibility index (Phi) is 2.74. The molecule has 0 unspecified atom stereocenters. The van der Waals surface area contributed by atoms with Crippen LogP contribution in [0.25, 0.3) is 0 Å². The number of furan rings is 1. The number of benzene rings is 1. The average molecular weight is 204 g/mol. The third-order valence-electron chi connectivity index (χ3n) is 2.22. The van der Waals surface area contributed by atoms with Gasteiger partial charge in [-0.25, -0.2) is 0 Å². The summed E-state index contributed by atoms with van der Waals surface area (Å²) in [5.74, 6) is 1.25. The minimum Gasteiger partial charge on any atom is -0.497 e. The van der Waals surface area contributed by atoms with Gasteiger partial charge in [-0.3, -0.25) is 0 Å². The van der Waals surface area contributed by atoms with Gasteiger partial charge < -0.3 is 14.3 Å². The lowest BCUT2D eigenvalue weighted by atomic mass is 10.1. The molecule has 1 N–H and O–H groups in total. The second-order valence-electron chi connectivity index (χ2n) is 3.19. The van der Waals surface area contributed by atoms with Crippen molar-refractivity contribution >= 4 is 0 Å². The van der Waals surface area contributed by atoms with Crippen molar-refractivity contribution in [3.8, 4) is 5.75 Å². The topological polar surface area (TPSA) is 42.6 Å². The number of methoxy groups -OCH3 is 1. The molecular formula is C12H12O3. The Labute approximate surface area is 87.9 Å². The molecule has 0 radical (unpaired) electrons. The van der Waals surface area contributed by atoms with Crippen LogP contribution < -0.4 is 4.74 Å². The van der Waals surface area contributed by atoms with E-state index in [4.69, 9.17) is 9.15 Å². The lowest BCUT2D eigenvalue weighted by Gasteiger charge is -2.09. The monoisotopic (exact) mass is 204 g/mol. The molecule has 0 amide bonds. The predicted molar refractivity (Wildman–Crippen MR) is 55.8 cm³/mol. The first-order valence-corrected chi connectivity index (χ1v) is 4.66. The van der Waals surface area contributed by atoms with E-state index in [9.17, 15) is 5.11 Å². The maximum absolute atomic E-state index is 9.95. The van der Waals surface area contributed by atoms with Crippen molar-refractivity contribution in [3.63, 3.8) is 0 Å². The van der Waals surface area contributed by atoms with Crippen molar-refractivity contribution in [1.29, 1.82) is 0 Å². The van der Waals surface area contributed by atoms with Gasteiger partial charge in [0.1, 0.15) is 17.6 Å². The third kappa shape index (κ3) is 2.02. The van der Waals surface area contributed by atoms with Crippen LogP contribution in [0.4, 0.5) is 0 Å². The molecule has 1 aromatic carbocycles. The molecular weight excluding hydrogens is 192 g/mol. The summed E-state index contributed by atoms with van der Waals surface area (Å²) in [7, 11) is 1.60. The number of rotatable bonds is 3. The molecule has 3 heteroatoms. The minimum atomic E-state index is -0.741. The molecule has 15 heavy (non-hydrogen) atoms. The summed E-state index contributed by atoms with van der Waals surface area (Å²) in [5, 5.41) is 9.95. The van der Waals surface area contributed by atoms with E-state index in [1.807, 2.05) is 18.2 Å². The molecule has 1 aromatic heterocycles. The van der Waals surface area contributed by atoms with Gasteiger partial charge in [-0.2, -0.15) is 0 Å². The van der Waals surface area contributed by atoms with Crippen LogP contribution in [0, 0.1) is 0 Å². The predicted octanol–water partition coefficient (Wildman–Crippen LogP) is 2.37. The first kappa shape index (κ1) is 9.80. The van der Waals surface area contributed by atoms with Gasteiger partial charge in [0.25, 0.3) is 0 Å². The first-order valence-electron chi connectivity index (χ1n) is 4.66. The van der Waals surface area contributed by atoms with Crippen LogP contribution >= 0.6 is 0 Å². The van der Waals surface area contributed by atoms with Crippen LogP contribution in [-0.2, 0) is 0 Å². The SMILES string of the molecule is COc1cccc([C@@H](O)c2ccco2)c1. The molecule has 0 aliphatic heterocycles. The van der Waals surface area contributed by atoms with Crippen molar-refractivity contribution in [3.05, 3.63) is 54.0 Å². The highest BCUT2D eigenvalue weighted by molar-refractivity contribution is 5.32. The highest BCUT2D eigenvalue weighted by atomic mass is 16.5. The maximum atomic E-state index is 9.95. The molecule has 1 heterocycles. The molecule has 0 aliphatic rings. The quantitative estimate of drug-likeness (QED) is 0.834. The first-order chi connectivity index (χ1) is 7.31. The summed E-state index contributed by atoms with van der Waals surface area (Å²) in [4.78, 5) is 0. The van der Waals surface area contributed by atoms with E-state index in [1.54, 1.807) is 31.6 Å². The Bertz CT molecular complexity index is 420. The van der Waals surface area contributed by atoms with E-state index < -0.39 is 6.10 Å². The van der Waals surface area contributed by atoms with Gasteiger partial charge in [-0.1, -0.05) is 12.1 Å². The second-order valence-corrected chi connectivity index (χ2v) is 3.19. The molecule has 0 bridgehead atoms. The van der Waals surface area contributed by atoms with E-state index in [0.717, 1.165) is 11.3 Å². The summed E-state index contributed by atoms with van der Waals surface area (Å²) in [6, 6.07) is 10.8. The Balaban J connectivity index is 2.29. The zero-order chi connectivity index (χ0) is 10.7. The Morgan fingerprint density at radius 2 is 2.13 bits per heavy atom. The number of hydrogen-bond donors (Lipinski definition) is 1. The second kappa shape index (κ2) is 4.19. The van der Waals surface area contributed by atoms with E-state index in [2.05, 4.69) is 0 Å². The molecule has 0 saturated heterocycles. The van der Waals surface area contributed by atoms with E-state index >= 15 is 0 Å². The highest BCUT2D eigenvalue weighted by Crippen LogP contribution is 2.24. The molecule has 78 valence electrons. The van der Waals surface area contributed by atoms with Crippen LogP contribution in [0.5, 0.6) is 5.75 Å². The van der Waals surface area contributed by atoms with Gasteiger partial charge in [0.15, 0.2) is 0 Å². The van der Waals surface area contributed by atoms with E-state index in [1.165, 1.54) is 0 Å². The summed E-state index contributed by atoms with van der Waals surface area (Å²) in [5.41, 5.74) is 0.754. The van der Waals surface area contributed by atoms with Gasteiger partial charge in [0, 0.05) is 0 Å². The fourth-order valence-electron chi connectivity index (χ4n) is 1.42. The third-order valence-corrected chi connectivity index (χ3v) is 2.22. The van der Waals surface area contributed by atoms with Crippen LogP contribution in [0.3, 0.4) is 0 Å². The fraction of sp³-hybridized carbons (Fsp3) is 0.167. The number of hydrogen-bond acceptors (Lipinski definition) is 3. The zero-order valence-corrected chi connectivity index (χ0v) is 8.38. The van der Waals surface area contributed by atoms with Crippen molar-refractivity contribution in [1.82, 2.24) is 0 Å². The number of aliphatic hydroxyl groups excluding tert-OH is 1. The molecule has 1 atom stereocenters. The molecule has 3 nitrogen and oxygen atoms in total. The van der Waals surface area contributed by atoms with Gasteiger partial charge >= 0.3 is 0 Å². The fourth-order valence-corrected chi connectivity index (χ4v) is 1.42. The molecule has 0 aliphatic carbocycles. The molecule has 2 aromatic rings. The smallest absolute Gasteiger partial charge is 0.137 e. The lowest BCUT2D eigenvalue weighted by molar-refractivity contribution is 0.189. The van der Waals surface area contributed by atoms with Crippen molar-refractivity contribution in [2.45, 2.75) is 6.10 Å². The number of ether oxygens (including phenoxy) is 1. The Morgan fingerprint density at radius 3 is 2.80 bits per heavy atom. The lowest BCUT2D eigenvalue weighted by Crippen LogP contribution is -1.98. The largest absolute Gasteiger partial charge is 0.497 e. The highest BCUT2D eigenvalue weighted by Gasteiger charge is 2.13. The Hall–Kier alpha value is -1.74. The van der Waals surface area contributed by atoms with Crippen LogP contribution in [-0.4, -0.2) is 12.2 Å². The summed E-state index contributed by atoms with van der Waals surface area (Å²) in [6.07, 6.45) is 0.800. The van der Waals surface area contributed by atoms with Crippen molar-refractivity contribution < 1.29 is 14.3 Å². The maximum Gasteiger partial charge on any atom is 0.137 e. The minimum absolute atomic E-state index is 0.531. The summed E-state index contributed by atoms with van der Waals surface area (Å²) >= 11 is 0. The zero-order valence-electron chi connectivity index (χ0n) is 8.38. The summed E-state index contributed by atoms with van der Waals surface area (Å²) in [6.45, 7) is 0. The van der Waals surface area contributed by atoms with Crippen molar-refractivity contribution in [2.24, 2.45) is 0 Å². The normalized spacial score (nSPS) is 12.4. The summed E-state index contributed by atoms with van der Waals surface area (Å²) < 4.78 is 10.2. The van der Waals surface area contributed by atoms with Crippen molar-refractivity contribution in [2.75, 3.05) is 7.11 Å². The number of aliphatic hydroxyl groups is 1. The standard InChI is InChI=1S/C12H12O3/c1-14-10-5-2-4-9(8-10)12(13)11-6-3-7-15-11/h2-8,12-13H,1H3/t12-/m1/s1. The van der Waals surface area contributed by atoms with Crippen LogP contribution in [0.2, 0.25) is 0 Å². The van der Waals surface area contributed by atoms with Gasteiger partial charge in [-0.15, -0.1) is 0 Å². The molecule has 0 spiro atoms. The molecule has 0 saturated carbocycles.